The van der Waals surface area contributed by atoms with Crippen molar-refractivity contribution in [2.45, 2.75) is 31.8 Å². The van der Waals surface area contributed by atoms with E-state index in [1.807, 2.05) is 0 Å². The third-order valence-corrected chi connectivity index (χ3v) is 7.39. The molecule has 0 bridgehead atoms. The molecule has 1 aromatic heterocycles. The molecule has 2 atom stereocenters. The zero-order chi connectivity index (χ0) is 33.7. The SMILES string of the molecule is CC[C@@H](C(=O)NC(CC(=O)N(C)c1ccc(N=O)cc1)C(=O)COc1c(F)c(F)cc(F)c1F)n1ccc2ccc(Cl)cc2c1=O. The first kappa shape index (κ1) is 33.8. The van der Waals surface area contributed by atoms with Gasteiger partial charge in [0.2, 0.25) is 23.4 Å². The Morgan fingerprint density at radius 1 is 1.00 bits per heavy atom. The number of carbonyl (C=O) groups excluding carboxylic acids is 3. The van der Waals surface area contributed by atoms with Gasteiger partial charge in [0, 0.05) is 35.4 Å². The summed E-state index contributed by atoms with van der Waals surface area (Å²) in [6.07, 6.45) is 0.728. The molecular formula is C31H25ClF4N4O6. The van der Waals surface area contributed by atoms with Crippen molar-refractivity contribution in [3.8, 4) is 5.75 Å². The van der Waals surface area contributed by atoms with Crippen LogP contribution in [0, 0.1) is 28.2 Å². The number of aromatic nitrogens is 1. The van der Waals surface area contributed by atoms with E-state index in [2.05, 4.69) is 10.5 Å². The van der Waals surface area contributed by atoms with Crippen molar-refractivity contribution < 1.29 is 36.7 Å². The van der Waals surface area contributed by atoms with Crippen molar-refractivity contribution in [1.82, 2.24) is 9.88 Å². The van der Waals surface area contributed by atoms with Crippen molar-refractivity contribution in [3.05, 3.63) is 104 Å². The van der Waals surface area contributed by atoms with Crippen molar-refractivity contribution in [1.29, 1.82) is 0 Å². The monoisotopic (exact) mass is 660 g/mol. The predicted molar refractivity (Wildman–Crippen MR) is 161 cm³/mol. The van der Waals surface area contributed by atoms with Crippen molar-refractivity contribution >= 4 is 51.3 Å². The Morgan fingerprint density at radius 2 is 1.65 bits per heavy atom. The second-order valence-electron chi connectivity index (χ2n) is 10.1. The number of ether oxygens (including phenoxy) is 1. The van der Waals surface area contributed by atoms with Crippen molar-refractivity contribution in [2.75, 3.05) is 18.6 Å². The summed E-state index contributed by atoms with van der Waals surface area (Å²) in [4.78, 5) is 65.1. The highest BCUT2D eigenvalue weighted by Crippen LogP contribution is 2.27. The summed E-state index contributed by atoms with van der Waals surface area (Å²) < 4.78 is 61.6. The van der Waals surface area contributed by atoms with Gasteiger partial charge in [0.05, 0.1) is 12.5 Å². The van der Waals surface area contributed by atoms with Crippen LogP contribution in [0.25, 0.3) is 10.8 Å². The van der Waals surface area contributed by atoms with Crippen LogP contribution in [-0.4, -0.2) is 41.9 Å². The summed E-state index contributed by atoms with van der Waals surface area (Å²) >= 11 is 6.05. The molecule has 240 valence electrons. The molecule has 15 heteroatoms. The average molecular weight is 661 g/mol. The molecule has 3 aromatic carbocycles. The number of carbonyl (C=O) groups is 3. The number of rotatable bonds is 12. The maximum Gasteiger partial charge on any atom is 0.259 e. The van der Waals surface area contributed by atoms with E-state index >= 15 is 0 Å². The summed E-state index contributed by atoms with van der Waals surface area (Å²) in [5, 5.41) is 6.25. The van der Waals surface area contributed by atoms with Gasteiger partial charge in [-0.1, -0.05) is 24.6 Å². The molecule has 4 rings (SSSR count). The normalized spacial score (nSPS) is 12.3. The Balaban J connectivity index is 1.62. The van der Waals surface area contributed by atoms with Gasteiger partial charge in [-0.3, -0.25) is 19.2 Å². The summed E-state index contributed by atoms with van der Waals surface area (Å²) in [5.74, 6) is -11.5. The molecule has 1 unspecified atom stereocenters. The Bertz CT molecular complexity index is 1860. The van der Waals surface area contributed by atoms with Gasteiger partial charge in [-0.05, 0) is 59.4 Å². The molecule has 4 aromatic rings. The number of amides is 2. The van der Waals surface area contributed by atoms with E-state index in [1.165, 1.54) is 43.6 Å². The fourth-order valence-corrected chi connectivity index (χ4v) is 4.78. The van der Waals surface area contributed by atoms with Gasteiger partial charge >= 0.3 is 0 Å². The van der Waals surface area contributed by atoms with Crippen LogP contribution in [0.3, 0.4) is 0 Å². The topological polar surface area (TPSA) is 127 Å². The van der Waals surface area contributed by atoms with Crippen molar-refractivity contribution in [3.63, 3.8) is 0 Å². The van der Waals surface area contributed by atoms with Crippen LogP contribution in [0.1, 0.15) is 25.8 Å². The molecule has 46 heavy (non-hydrogen) atoms. The molecule has 1 N–H and O–H groups in total. The van der Waals surface area contributed by atoms with Crippen molar-refractivity contribution in [2.24, 2.45) is 5.18 Å². The number of fused-ring (bicyclic) bond motifs is 1. The summed E-state index contributed by atoms with van der Waals surface area (Å²) in [6.45, 7) is 0.392. The number of Topliss-reactive ketones (excluding diaryl/α,β-unsaturated/α-hetero) is 1. The van der Waals surface area contributed by atoms with Crippen LogP contribution in [0.2, 0.25) is 5.02 Å². The fourth-order valence-electron chi connectivity index (χ4n) is 4.61. The molecule has 0 spiro atoms. The van der Waals surface area contributed by atoms with E-state index in [1.54, 1.807) is 25.1 Å². The Morgan fingerprint density at radius 3 is 2.26 bits per heavy atom. The molecule has 2 amide bonds. The number of hydrogen-bond donors (Lipinski definition) is 1. The van der Waals surface area contributed by atoms with Crippen LogP contribution >= 0.6 is 11.6 Å². The second kappa shape index (κ2) is 14.3. The lowest BCUT2D eigenvalue weighted by Crippen LogP contribution is -2.49. The number of hydrogen-bond acceptors (Lipinski definition) is 7. The Labute approximate surface area is 263 Å². The number of pyridine rings is 1. The van der Waals surface area contributed by atoms with Crippen LogP contribution in [0.5, 0.6) is 5.75 Å². The quantitative estimate of drug-likeness (QED) is 0.117. The number of nitrogens with one attached hydrogen (secondary N) is 1. The van der Waals surface area contributed by atoms with E-state index in [4.69, 9.17) is 16.3 Å². The third-order valence-electron chi connectivity index (χ3n) is 7.15. The van der Waals surface area contributed by atoms with Gasteiger partial charge in [-0.2, -0.15) is 8.78 Å². The molecule has 0 aliphatic rings. The number of halogens is 5. The highest BCUT2D eigenvalue weighted by molar-refractivity contribution is 6.31. The third kappa shape index (κ3) is 7.23. The van der Waals surface area contributed by atoms with Crippen LogP contribution in [0.4, 0.5) is 28.9 Å². The first-order valence-electron chi connectivity index (χ1n) is 13.7. The van der Waals surface area contributed by atoms with E-state index < -0.39 is 77.3 Å². The standard InChI is InChI=1S/C31H25ClF4N4O6/c1-3-24(40-11-10-16-4-5-17(32)12-20(16)31(40)44)30(43)37-23(14-26(42)39(2)19-8-6-18(38-45)7-9-19)25(41)15-46-29-27(35)21(33)13-22(34)28(29)36/h4-13,23-24H,3,14-15H2,1-2H3,(H,37,43)/t23?,24-/m0/s1. The fraction of sp³-hybridized carbons (Fsp3) is 0.226. The predicted octanol–water partition coefficient (Wildman–Crippen LogP) is 5.75. The zero-order valence-electron chi connectivity index (χ0n) is 24.2. The summed E-state index contributed by atoms with van der Waals surface area (Å²) in [6, 6.07) is 8.81. The highest BCUT2D eigenvalue weighted by Gasteiger charge is 2.31. The lowest BCUT2D eigenvalue weighted by atomic mass is 10.1. The van der Waals surface area contributed by atoms with Gasteiger partial charge in [-0.25, -0.2) is 8.78 Å². The maximum atomic E-state index is 14.2. The van der Waals surface area contributed by atoms with Crippen LogP contribution < -0.4 is 20.5 Å². The molecule has 0 fully saturated rings. The minimum Gasteiger partial charge on any atom is -0.479 e. The lowest BCUT2D eigenvalue weighted by Gasteiger charge is -2.25. The number of ketones is 1. The van der Waals surface area contributed by atoms with Gasteiger partial charge < -0.3 is 19.5 Å². The van der Waals surface area contributed by atoms with E-state index in [-0.39, 0.29) is 28.6 Å². The van der Waals surface area contributed by atoms with Crippen LogP contribution in [0.15, 0.2) is 70.8 Å². The Kier molecular flexibility index (Phi) is 10.5. The maximum absolute atomic E-state index is 14.2. The first-order valence-corrected chi connectivity index (χ1v) is 14.0. The average Bonchev–Trinajstić information content (AvgIpc) is 3.04. The number of nitrogens with zero attached hydrogens (tertiary/aromatic N) is 3. The molecule has 0 saturated carbocycles. The molecular weight excluding hydrogens is 636 g/mol. The van der Waals surface area contributed by atoms with Crippen LogP contribution in [-0.2, 0) is 14.4 Å². The van der Waals surface area contributed by atoms with Gasteiger partial charge in [-0.15, -0.1) is 4.91 Å². The molecule has 0 aliphatic heterocycles. The minimum absolute atomic E-state index is 0.0395. The smallest absolute Gasteiger partial charge is 0.259 e. The number of anilines is 1. The van der Waals surface area contributed by atoms with Gasteiger partial charge in [0.15, 0.2) is 23.2 Å². The zero-order valence-corrected chi connectivity index (χ0v) is 25.0. The highest BCUT2D eigenvalue weighted by atomic mass is 35.5. The van der Waals surface area contributed by atoms with E-state index in [0.29, 0.717) is 11.1 Å². The second-order valence-corrected chi connectivity index (χ2v) is 10.5. The number of benzene rings is 3. The molecule has 0 radical (unpaired) electrons. The molecule has 0 aliphatic carbocycles. The van der Waals surface area contributed by atoms with Gasteiger partial charge in [0.1, 0.15) is 18.3 Å². The summed E-state index contributed by atoms with van der Waals surface area (Å²) in [5.41, 5.74) is -0.179. The largest absolute Gasteiger partial charge is 0.479 e. The molecule has 10 nitrogen and oxygen atoms in total. The summed E-state index contributed by atoms with van der Waals surface area (Å²) in [7, 11) is 1.35. The first-order chi connectivity index (χ1) is 21.9. The molecule has 1 heterocycles. The van der Waals surface area contributed by atoms with E-state index in [9.17, 15) is 41.6 Å². The Hall–Kier alpha value is -5.11. The lowest BCUT2D eigenvalue weighted by molar-refractivity contribution is -0.132. The van der Waals surface area contributed by atoms with Gasteiger partial charge in [0.25, 0.3) is 5.56 Å². The van der Waals surface area contributed by atoms with E-state index in [0.717, 1.165) is 9.47 Å². The minimum atomic E-state index is -1.89. The number of nitroso groups, excluding NO2 is 1. The molecule has 0 saturated heterocycles.